The molecule has 0 unspecified atom stereocenters. The molecule has 0 atom stereocenters. The molecule has 0 aliphatic rings. The number of hydrogen-bond acceptors (Lipinski definition) is 5. The molecule has 0 saturated heterocycles. The van der Waals surface area contributed by atoms with E-state index >= 15 is 0 Å². The quantitative estimate of drug-likeness (QED) is 0.712. The van der Waals surface area contributed by atoms with Crippen LogP contribution in [0.25, 0.3) is 0 Å². The van der Waals surface area contributed by atoms with Crippen LogP contribution in [0.2, 0.25) is 0 Å². The lowest BCUT2D eigenvalue weighted by Crippen LogP contribution is -2.11. The lowest BCUT2D eigenvalue weighted by molar-refractivity contribution is 0.603. The number of pyridine rings is 1. The van der Waals surface area contributed by atoms with Crippen LogP contribution in [0.1, 0.15) is 11.1 Å². The van der Waals surface area contributed by atoms with Gasteiger partial charge in [0.15, 0.2) is 0 Å². The number of anilines is 3. The molecule has 2 aromatic heterocycles. The first kappa shape index (κ1) is 16.5. The molecular formula is C17H17N3O2S2. The first-order chi connectivity index (χ1) is 11.4. The highest BCUT2D eigenvalue weighted by molar-refractivity contribution is 7.94. The number of benzene rings is 1. The van der Waals surface area contributed by atoms with Gasteiger partial charge in [0, 0.05) is 5.69 Å². The maximum absolute atomic E-state index is 12.2. The second kappa shape index (κ2) is 6.62. The van der Waals surface area contributed by atoms with Crippen molar-refractivity contribution in [2.75, 3.05) is 10.0 Å². The van der Waals surface area contributed by atoms with Crippen molar-refractivity contribution in [2.45, 2.75) is 18.1 Å². The molecule has 2 heterocycles. The molecule has 0 aliphatic heterocycles. The molecular weight excluding hydrogens is 342 g/mol. The summed E-state index contributed by atoms with van der Waals surface area (Å²) in [4.78, 5) is 4.26. The molecule has 1 aromatic carbocycles. The van der Waals surface area contributed by atoms with Gasteiger partial charge in [-0.25, -0.2) is 13.4 Å². The van der Waals surface area contributed by atoms with Crippen molar-refractivity contribution in [3.8, 4) is 0 Å². The van der Waals surface area contributed by atoms with E-state index in [0.29, 0.717) is 11.5 Å². The third-order valence-electron chi connectivity index (χ3n) is 3.55. The second-order valence-corrected chi connectivity index (χ2v) is 8.25. The first-order valence-electron chi connectivity index (χ1n) is 7.31. The summed E-state index contributed by atoms with van der Waals surface area (Å²) in [6.07, 6.45) is 1.49. The zero-order valence-electron chi connectivity index (χ0n) is 13.3. The Labute approximate surface area is 145 Å². The van der Waals surface area contributed by atoms with Gasteiger partial charge in [0.25, 0.3) is 10.0 Å². The van der Waals surface area contributed by atoms with Gasteiger partial charge in [-0.1, -0.05) is 12.1 Å². The van der Waals surface area contributed by atoms with Crippen LogP contribution >= 0.6 is 11.3 Å². The van der Waals surface area contributed by atoms with Crippen molar-refractivity contribution in [1.82, 2.24) is 4.98 Å². The van der Waals surface area contributed by atoms with E-state index in [1.165, 1.54) is 28.7 Å². The van der Waals surface area contributed by atoms with E-state index < -0.39 is 10.0 Å². The smallest absolute Gasteiger partial charge is 0.271 e. The highest BCUT2D eigenvalue weighted by Gasteiger charge is 2.15. The lowest BCUT2D eigenvalue weighted by atomic mass is 10.1. The number of sulfonamides is 1. The maximum Gasteiger partial charge on any atom is 0.271 e. The Kier molecular flexibility index (Phi) is 4.55. The van der Waals surface area contributed by atoms with Crippen molar-refractivity contribution < 1.29 is 8.42 Å². The normalized spacial score (nSPS) is 11.2. The van der Waals surface area contributed by atoms with E-state index in [4.69, 9.17) is 0 Å². The molecule has 0 bridgehead atoms. The first-order valence-corrected chi connectivity index (χ1v) is 9.67. The van der Waals surface area contributed by atoms with Crippen LogP contribution in [0, 0.1) is 13.8 Å². The van der Waals surface area contributed by atoms with Gasteiger partial charge in [-0.2, -0.15) is 0 Å². The average molecular weight is 359 g/mol. The Morgan fingerprint density at radius 3 is 2.42 bits per heavy atom. The number of nitrogens with one attached hydrogen (secondary N) is 2. The predicted octanol–water partition coefficient (Wildman–Crippen LogP) is 4.30. The minimum absolute atomic E-state index is 0.278. The molecule has 0 spiro atoms. The zero-order chi connectivity index (χ0) is 17.2. The molecule has 5 nitrogen and oxygen atoms in total. The van der Waals surface area contributed by atoms with Crippen LogP contribution in [0.5, 0.6) is 0 Å². The predicted molar refractivity (Wildman–Crippen MR) is 98.6 cm³/mol. The summed E-state index contributed by atoms with van der Waals surface area (Å²) in [6, 6.07) is 12.8. The number of thiophene rings is 1. The summed E-state index contributed by atoms with van der Waals surface area (Å²) < 4.78 is 27.1. The fraction of sp³-hybridized carbons (Fsp3) is 0.118. The molecule has 0 aliphatic carbocycles. The van der Waals surface area contributed by atoms with E-state index in [-0.39, 0.29) is 4.21 Å². The Bertz CT molecular complexity index is 934. The van der Waals surface area contributed by atoms with E-state index in [1.54, 1.807) is 29.6 Å². The SMILES string of the molecule is Cc1ccc(Nc2ccc(NS(=O)(=O)c3cccs3)cn2)cc1C. The molecule has 3 aromatic rings. The van der Waals surface area contributed by atoms with E-state index in [2.05, 4.69) is 28.9 Å². The fourth-order valence-corrected chi connectivity index (χ4v) is 4.15. The van der Waals surface area contributed by atoms with Crippen molar-refractivity contribution in [1.29, 1.82) is 0 Å². The largest absolute Gasteiger partial charge is 0.340 e. The Morgan fingerprint density at radius 2 is 1.79 bits per heavy atom. The van der Waals surface area contributed by atoms with Crippen LogP contribution in [-0.4, -0.2) is 13.4 Å². The van der Waals surface area contributed by atoms with E-state index in [0.717, 1.165) is 5.69 Å². The third-order valence-corrected chi connectivity index (χ3v) is 6.33. The van der Waals surface area contributed by atoms with Gasteiger partial charge >= 0.3 is 0 Å². The molecule has 0 fully saturated rings. The highest BCUT2D eigenvalue weighted by Crippen LogP contribution is 2.22. The molecule has 2 N–H and O–H groups in total. The van der Waals surface area contributed by atoms with Gasteiger partial charge in [-0.15, -0.1) is 11.3 Å². The monoisotopic (exact) mass is 359 g/mol. The average Bonchev–Trinajstić information content (AvgIpc) is 3.08. The van der Waals surface area contributed by atoms with Crippen LogP contribution in [0.4, 0.5) is 17.2 Å². The summed E-state index contributed by atoms with van der Waals surface area (Å²) in [5.41, 5.74) is 3.79. The van der Waals surface area contributed by atoms with Crippen molar-refractivity contribution >= 4 is 38.6 Å². The molecule has 0 amide bonds. The second-order valence-electron chi connectivity index (χ2n) is 5.39. The van der Waals surface area contributed by atoms with Gasteiger partial charge in [0.05, 0.1) is 11.9 Å². The summed E-state index contributed by atoms with van der Waals surface area (Å²) in [6.45, 7) is 4.11. The lowest BCUT2D eigenvalue weighted by Gasteiger charge is -2.09. The van der Waals surface area contributed by atoms with Crippen LogP contribution in [0.15, 0.2) is 58.3 Å². The minimum Gasteiger partial charge on any atom is -0.340 e. The molecule has 0 radical (unpaired) electrons. The Balaban J connectivity index is 1.72. The number of nitrogens with zero attached hydrogens (tertiary/aromatic N) is 1. The number of rotatable bonds is 5. The third kappa shape index (κ3) is 3.74. The minimum atomic E-state index is -3.54. The number of hydrogen-bond donors (Lipinski definition) is 2. The topological polar surface area (TPSA) is 71.1 Å². The molecule has 124 valence electrons. The summed E-state index contributed by atoms with van der Waals surface area (Å²) >= 11 is 1.17. The van der Waals surface area contributed by atoms with Crippen LogP contribution in [0.3, 0.4) is 0 Å². The van der Waals surface area contributed by atoms with Crippen LogP contribution < -0.4 is 10.0 Å². The summed E-state index contributed by atoms with van der Waals surface area (Å²) in [5.74, 6) is 0.650. The number of aryl methyl sites for hydroxylation is 2. The molecule has 24 heavy (non-hydrogen) atoms. The maximum atomic E-state index is 12.2. The van der Waals surface area contributed by atoms with Gasteiger partial charge in [-0.3, -0.25) is 4.72 Å². The summed E-state index contributed by atoms with van der Waals surface area (Å²) in [5, 5.41) is 4.93. The fourth-order valence-electron chi connectivity index (χ4n) is 2.12. The van der Waals surface area contributed by atoms with E-state index in [9.17, 15) is 8.42 Å². The van der Waals surface area contributed by atoms with Crippen LogP contribution in [-0.2, 0) is 10.0 Å². The molecule has 0 saturated carbocycles. The molecule has 3 rings (SSSR count). The van der Waals surface area contributed by atoms with Gasteiger partial charge in [0.2, 0.25) is 0 Å². The number of aromatic nitrogens is 1. The summed E-state index contributed by atoms with van der Waals surface area (Å²) in [7, 11) is -3.54. The molecule has 7 heteroatoms. The zero-order valence-corrected chi connectivity index (χ0v) is 14.9. The highest BCUT2D eigenvalue weighted by atomic mass is 32.2. The Hall–Kier alpha value is -2.38. The van der Waals surface area contributed by atoms with E-state index in [1.807, 2.05) is 18.2 Å². The van der Waals surface area contributed by atoms with Crippen molar-refractivity contribution in [3.63, 3.8) is 0 Å². The van der Waals surface area contributed by atoms with Crippen molar-refractivity contribution in [3.05, 3.63) is 65.2 Å². The standard InChI is InChI=1S/C17H17N3O2S2/c1-12-5-6-14(10-13(12)2)19-16-8-7-15(11-18-16)20-24(21,22)17-4-3-9-23-17/h3-11,20H,1-2H3,(H,18,19). The Morgan fingerprint density at radius 1 is 1.00 bits per heavy atom. The van der Waals surface area contributed by atoms with Gasteiger partial charge < -0.3 is 5.32 Å². The van der Waals surface area contributed by atoms with Gasteiger partial charge in [-0.05, 0) is 60.7 Å². The van der Waals surface area contributed by atoms with Gasteiger partial charge in [0.1, 0.15) is 10.0 Å². The van der Waals surface area contributed by atoms with Crippen molar-refractivity contribution in [2.24, 2.45) is 0 Å².